The quantitative estimate of drug-likeness (QED) is 0.306. The molecule has 0 saturated heterocycles. The van der Waals surface area contributed by atoms with Gasteiger partial charge >= 0.3 is 0 Å². The largest absolute Gasteiger partial charge is 0.493 e. The van der Waals surface area contributed by atoms with E-state index in [2.05, 4.69) is 49.5 Å². The Labute approximate surface area is 207 Å². The first-order valence-electron chi connectivity index (χ1n) is 11.3. The minimum absolute atomic E-state index is 0.284. The van der Waals surface area contributed by atoms with Gasteiger partial charge in [0.25, 0.3) is 0 Å². The number of pyridine rings is 1. The molecule has 0 saturated carbocycles. The molecule has 9 nitrogen and oxygen atoms in total. The number of alkyl halides is 1. The van der Waals surface area contributed by atoms with Crippen LogP contribution in [0.15, 0.2) is 67.4 Å². The first kappa shape index (κ1) is 22.8. The summed E-state index contributed by atoms with van der Waals surface area (Å²) >= 11 is 5.87. The second kappa shape index (κ2) is 10.1. The van der Waals surface area contributed by atoms with Gasteiger partial charge in [-0.2, -0.15) is 15.0 Å². The van der Waals surface area contributed by atoms with Gasteiger partial charge in [0, 0.05) is 49.3 Å². The van der Waals surface area contributed by atoms with E-state index >= 15 is 0 Å². The van der Waals surface area contributed by atoms with Gasteiger partial charge < -0.3 is 10.1 Å². The molecule has 178 valence electrons. The van der Waals surface area contributed by atoms with Crippen molar-refractivity contribution in [3.8, 4) is 28.4 Å². The maximum absolute atomic E-state index is 5.87. The Morgan fingerprint density at radius 1 is 1.03 bits per heavy atom. The minimum Gasteiger partial charge on any atom is -0.493 e. The van der Waals surface area contributed by atoms with Crippen LogP contribution in [0.2, 0.25) is 0 Å². The van der Waals surface area contributed by atoms with Crippen LogP contribution in [-0.4, -0.2) is 46.8 Å². The molecule has 1 aromatic carbocycles. The van der Waals surface area contributed by atoms with Gasteiger partial charge in [0.1, 0.15) is 29.2 Å². The summed E-state index contributed by atoms with van der Waals surface area (Å²) in [5, 5.41) is 11.8. The number of imidazole rings is 1. The molecule has 0 bridgehead atoms. The Morgan fingerprint density at radius 3 is 2.66 bits per heavy atom. The second-order valence-electron chi connectivity index (χ2n) is 8.36. The SMILES string of the molecule is CC(CCl)COc1ccn2c(-c3cc(NCc4ccc(-c5cnn(C)n5)cc4)ncn3)cnc2c1. The molecule has 5 rings (SSSR count). The minimum atomic E-state index is 0.284. The number of halogens is 1. The van der Waals surface area contributed by atoms with Crippen molar-refractivity contribution in [3.05, 3.63) is 72.9 Å². The number of anilines is 1. The van der Waals surface area contributed by atoms with Gasteiger partial charge in [-0.1, -0.05) is 31.2 Å². The number of benzene rings is 1. The van der Waals surface area contributed by atoms with Crippen molar-refractivity contribution < 1.29 is 4.74 Å². The molecule has 1 unspecified atom stereocenters. The van der Waals surface area contributed by atoms with Gasteiger partial charge in [0.05, 0.1) is 30.4 Å². The number of nitrogens with zero attached hydrogens (tertiary/aromatic N) is 7. The van der Waals surface area contributed by atoms with E-state index in [-0.39, 0.29) is 5.92 Å². The van der Waals surface area contributed by atoms with Gasteiger partial charge in [-0.15, -0.1) is 11.6 Å². The van der Waals surface area contributed by atoms with Crippen molar-refractivity contribution in [2.75, 3.05) is 17.8 Å². The third-order valence-corrected chi connectivity index (χ3v) is 6.06. The highest BCUT2D eigenvalue weighted by Gasteiger charge is 2.10. The molecular formula is C25H25ClN8O. The number of hydrogen-bond acceptors (Lipinski definition) is 7. The number of aromatic nitrogens is 7. The first-order chi connectivity index (χ1) is 17.1. The lowest BCUT2D eigenvalue weighted by Gasteiger charge is -2.11. The van der Waals surface area contributed by atoms with Crippen molar-refractivity contribution in [3.63, 3.8) is 0 Å². The van der Waals surface area contributed by atoms with Gasteiger partial charge in [-0.25, -0.2) is 15.0 Å². The summed E-state index contributed by atoms with van der Waals surface area (Å²) in [4.78, 5) is 14.9. The monoisotopic (exact) mass is 488 g/mol. The molecule has 0 aliphatic rings. The van der Waals surface area contributed by atoms with Crippen LogP contribution in [0.25, 0.3) is 28.3 Å². The maximum atomic E-state index is 5.87. The Morgan fingerprint density at radius 2 is 1.89 bits per heavy atom. The molecule has 10 heteroatoms. The average molecular weight is 489 g/mol. The zero-order chi connectivity index (χ0) is 24.2. The zero-order valence-electron chi connectivity index (χ0n) is 19.5. The van der Waals surface area contributed by atoms with Crippen molar-refractivity contribution in [1.29, 1.82) is 0 Å². The average Bonchev–Trinajstić information content (AvgIpc) is 3.52. The third kappa shape index (κ3) is 5.25. The molecule has 0 spiro atoms. The maximum Gasteiger partial charge on any atom is 0.140 e. The van der Waals surface area contributed by atoms with Crippen molar-refractivity contribution in [2.45, 2.75) is 13.5 Å². The number of fused-ring (bicyclic) bond motifs is 1. The fraction of sp³-hybridized carbons (Fsp3) is 0.240. The standard InChI is InChI=1S/C25H25ClN8O/c1-17(11-26)15-35-20-7-8-34-23(14-28-25(34)9-20)21-10-24(30-16-29-21)27-12-18-3-5-19(6-4-18)22-13-31-33(2)32-22/h3-10,13-14,16-17H,11-12,15H2,1-2H3,(H,27,29,30). The second-order valence-corrected chi connectivity index (χ2v) is 8.67. The highest BCUT2D eigenvalue weighted by atomic mass is 35.5. The smallest absolute Gasteiger partial charge is 0.140 e. The highest BCUT2D eigenvalue weighted by molar-refractivity contribution is 6.18. The van der Waals surface area contributed by atoms with E-state index in [9.17, 15) is 0 Å². The van der Waals surface area contributed by atoms with Crippen molar-refractivity contribution in [1.82, 2.24) is 34.3 Å². The predicted octanol–water partition coefficient (Wildman–Crippen LogP) is 4.45. The van der Waals surface area contributed by atoms with Crippen LogP contribution in [0.4, 0.5) is 5.82 Å². The highest BCUT2D eigenvalue weighted by Crippen LogP contribution is 2.24. The summed E-state index contributed by atoms with van der Waals surface area (Å²) in [6.07, 6.45) is 7.05. The van der Waals surface area contributed by atoms with Crippen LogP contribution < -0.4 is 10.1 Å². The number of nitrogens with one attached hydrogen (secondary N) is 1. The fourth-order valence-electron chi connectivity index (χ4n) is 3.58. The lowest BCUT2D eigenvalue weighted by Crippen LogP contribution is -2.09. The van der Waals surface area contributed by atoms with E-state index in [1.807, 2.05) is 40.9 Å². The van der Waals surface area contributed by atoms with Crippen LogP contribution in [0, 0.1) is 5.92 Å². The number of aryl methyl sites for hydroxylation is 1. The Balaban J connectivity index is 1.27. The number of rotatable bonds is 9. The first-order valence-corrected chi connectivity index (χ1v) is 11.8. The Hall–Kier alpha value is -3.98. The van der Waals surface area contributed by atoms with E-state index in [1.165, 1.54) is 0 Å². The van der Waals surface area contributed by atoms with Crippen LogP contribution in [0.5, 0.6) is 5.75 Å². The molecule has 4 heterocycles. The molecule has 5 aromatic rings. The van der Waals surface area contributed by atoms with E-state index in [1.54, 1.807) is 30.6 Å². The lowest BCUT2D eigenvalue weighted by molar-refractivity contribution is 0.272. The molecule has 35 heavy (non-hydrogen) atoms. The number of ether oxygens (including phenoxy) is 1. The molecule has 0 amide bonds. The van der Waals surface area contributed by atoms with E-state index in [0.29, 0.717) is 19.0 Å². The summed E-state index contributed by atoms with van der Waals surface area (Å²) in [5.41, 5.74) is 5.44. The fourth-order valence-corrected chi connectivity index (χ4v) is 3.67. The van der Waals surface area contributed by atoms with Gasteiger partial charge in [-0.3, -0.25) is 4.40 Å². The molecule has 1 N–H and O–H groups in total. The zero-order valence-corrected chi connectivity index (χ0v) is 20.2. The summed E-state index contributed by atoms with van der Waals surface area (Å²) < 4.78 is 7.81. The topological polar surface area (TPSA) is 95.1 Å². The van der Waals surface area contributed by atoms with E-state index in [4.69, 9.17) is 16.3 Å². The lowest BCUT2D eigenvalue weighted by atomic mass is 10.1. The van der Waals surface area contributed by atoms with Crippen molar-refractivity contribution >= 4 is 23.1 Å². The molecule has 0 radical (unpaired) electrons. The molecule has 0 fully saturated rings. The van der Waals surface area contributed by atoms with Gasteiger partial charge in [0.2, 0.25) is 0 Å². The summed E-state index contributed by atoms with van der Waals surface area (Å²) in [7, 11) is 1.81. The Kier molecular flexibility index (Phi) is 6.58. The number of hydrogen-bond donors (Lipinski definition) is 1. The van der Waals surface area contributed by atoms with E-state index < -0.39 is 0 Å². The molecule has 1 atom stereocenters. The van der Waals surface area contributed by atoms with Crippen LogP contribution in [-0.2, 0) is 13.6 Å². The molecule has 4 aromatic heterocycles. The van der Waals surface area contributed by atoms with Gasteiger partial charge in [0.15, 0.2) is 0 Å². The van der Waals surface area contributed by atoms with Crippen LogP contribution >= 0.6 is 11.6 Å². The summed E-state index contributed by atoms with van der Waals surface area (Å²) in [6, 6.07) is 14.0. The van der Waals surface area contributed by atoms with Crippen LogP contribution in [0.3, 0.4) is 0 Å². The van der Waals surface area contributed by atoms with Gasteiger partial charge in [-0.05, 0) is 11.6 Å². The van der Waals surface area contributed by atoms with Crippen LogP contribution in [0.1, 0.15) is 12.5 Å². The predicted molar refractivity (Wildman–Crippen MR) is 135 cm³/mol. The normalized spacial score (nSPS) is 12.1. The third-order valence-electron chi connectivity index (χ3n) is 5.54. The molecule has 0 aliphatic carbocycles. The summed E-state index contributed by atoms with van der Waals surface area (Å²) in [5.74, 6) is 2.35. The molecular weight excluding hydrogens is 464 g/mol. The summed E-state index contributed by atoms with van der Waals surface area (Å²) in [6.45, 7) is 3.25. The van der Waals surface area contributed by atoms with Crippen molar-refractivity contribution in [2.24, 2.45) is 13.0 Å². The van der Waals surface area contributed by atoms with E-state index in [0.717, 1.165) is 45.4 Å². The Bertz CT molecular complexity index is 1430. The molecule has 0 aliphatic heterocycles.